The van der Waals surface area contributed by atoms with Crippen LogP contribution < -0.4 is 10.2 Å². The van der Waals surface area contributed by atoms with Gasteiger partial charge < -0.3 is 10.0 Å². The molecular formula is C10H15BN2O4S. The molecule has 1 fully saturated rings. The molecule has 1 saturated heterocycles. The summed E-state index contributed by atoms with van der Waals surface area (Å²) in [6, 6.07) is 5.93. The first-order valence-corrected chi connectivity index (χ1v) is 7.17. The van der Waals surface area contributed by atoms with Crippen molar-refractivity contribution in [3.05, 3.63) is 24.3 Å². The van der Waals surface area contributed by atoms with Crippen molar-refractivity contribution in [2.75, 3.05) is 17.8 Å². The highest BCUT2D eigenvalue weighted by molar-refractivity contribution is 7.90. The minimum absolute atomic E-state index is 0.319. The molecule has 1 aliphatic rings. The topological polar surface area (TPSA) is 89.9 Å². The maximum atomic E-state index is 11.9. The van der Waals surface area contributed by atoms with Gasteiger partial charge in [0.15, 0.2) is 0 Å². The standard InChI is InChI=1S/C10H15BN2O4S/c14-11(15)9-3-5-10(6-4-9)12-18(16,17)13-7-1-2-8-13/h3-6,12,14-15H,1-2,7-8H2. The van der Waals surface area contributed by atoms with Crippen LogP contribution in [0.3, 0.4) is 0 Å². The van der Waals surface area contributed by atoms with Crippen LogP contribution in [0, 0.1) is 0 Å². The lowest BCUT2D eigenvalue weighted by Gasteiger charge is -2.16. The molecule has 98 valence electrons. The van der Waals surface area contributed by atoms with Crippen molar-refractivity contribution < 1.29 is 18.5 Å². The number of nitrogens with one attached hydrogen (secondary N) is 1. The van der Waals surface area contributed by atoms with Crippen molar-refractivity contribution in [2.45, 2.75) is 12.8 Å². The fourth-order valence-electron chi connectivity index (χ4n) is 1.87. The fourth-order valence-corrected chi connectivity index (χ4v) is 3.17. The Kier molecular flexibility index (Phi) is 3.91. The van der Waals surface area contributed by atoms with E-state index in [9.17, 15) is 8.42 Å². The van der Waals surface area contributed by atoms with Crippen LogP contribution in [0.15, 0.2) is 24.3 Å². The van der Waals surface area contributed by atoms with Crippen LogP contribution in [0.2, 0.25) is 0 Å². The van der Waals surface area contributed by atoms with Gasteiger partial charge >= 0.3 is 17.3 Å². The van der Waals surface area contributed by atoms with Gasteiger partial charge in [0.2, 0.25) is 0 Å². The molecule has 1 aromatic carbocycles. The SMILES string of the molecule is O=S(=O)(Nc1ccc(B(O)O)cc1)N1CCCC1. The van der Waals surface area contributed by atoms with Crippen LogP contribution in [0.5, 0.6) is 0 Å². The minimum atomic E-state index is -3.49. The molecule has 8 heteroatoms. The highest BCUT2D eigenvalue weighted by Gasteiger charge is 2.25. The van der Waals surface area contributed by atoms with Gasteiger partial charge in [-0.2, -0.15) is 12.7 Å². The van der Waals surface area contributed by atoms with Gasteiger partial charge in [0, 0.05) is 18.8 Å². The molecule has 0 radical (unpaired) electrons. The Morgan fingerprint density at radius 3 is 2.17 bits per heavy atom. The van der Waals surface area contributed by atoms with E-state index in [4.69, 9.17) is 10.0 Å². The Balaban J connectivity index is 2.09. The zero-order chi connectivity index (χ0) is 13.2. The average Bonchev–Trinajstić information content (AvgIpc) is 2.83. The highest BCUT2D eigenvalue weighted by atomic mass is 32.2. The van der Waals surface area contributed by atoms with E-state index in [-0.39, 0.29) is 0 Å². The Morgan fingerprint density at radius 1 is 1.11 bits per heavy atom. The van der Waals surface area contributed by atoms with Crippen molar-refractivity contribution in [1.82, 2.24) is 4.31 Å². The van der Waals surface area contributed by atoms with Crippen molar-refractivity contribution in [1.29, 1.82) is 0 Å². The van der Waals surface area contributed by atoms with E-state index in [0.717, 1.165) is 12.8 Å². The summed E-state index contributed by atoms with van der Waals surface area (Å²) in [5.74, 6) is 0. The maximum absolute atomic E-state index is 11.9. The van der Waals surface area contributed by atoms with Crippen molar-refractivity contribution >= 4 is 28.5 Å². The van der Waals surface area contributed by atoms with Crippen molar-refractivity contribution in [2.24, 2.45) is 0 Å². The molecule has 0 bridgehead atoms. The maximum Gasteiger partial charge on any atom is 0.488 e. The van der Waals surface area contributed by atoms with Crippen LogP contribution in [-0.2, 0) is 10.2 Å². The molecule has 3 N–H and O–H groups in total. The van der Waals surface area contributed by atoms with Crippen molar-refractivity contribution in [3.8, 4) is 0 Å². The van der Waals surface area contributed by atoms with E-state index in [0.29, 0.717) is 24.2 Å². The molecule has 6 nitrogen and oxygen atoms in total. The number of hydrogen-bond acceptors (Lipinski definition) is 4. The van der Waals surface area contributed by atoms with Crippen LogP contribution in [-0.4, -0.2) is 43.0 Å². The number of rotatable bonds is 4. The van der Waals surface area contributed by atoms with E-state index in [1.54, 1.807) is 0 Å². The van der Waals surface area contributed by atoms with Crippen LogP contribution in [0.4, 0.5) is 5.69 Å². The zero-order valence-corrected chi connectivity index (χ0v) is 10.6. The van der Waals surface area contributed by atoms with E-state index < -0.39 is 17.3 Å². The predicted octanol–water partition coefficient (Wildman–Crippen LogP) is -0.881. The van der Waals surface area contributed by atoms with E-state index in [2.05, 4.69) is 4.72 Å². The Hall–Kier alpha value is -1.09. The molecule has 0 unspecified atom stereocenters. The summed E-state index contributed by atoms with van der Waals surface area (Å²) < 4.78 is 27.7. The third-order valence-electron chi connectivity index (χ3n) is 2.86. The van der Waals surface area contributed by atoms with Gasteiger partial charge in [0.05, 0.1) is 0 Å². The Labute approximate surface area is 107 Å². The quantitative estimate of drug-likeness (QED) is 0.620. The molecular weight excluding hydrogens is 255 g/mol. The molecule has 0 aliphatic carbocycles. The number of nitrogens with zero attached hydrogens (tertiary/aromatic N) is 1. The lowest BCUT2D eigenvalue weighted by molar-refractivity contribution is 0.426. The lowest BCUT2D eigenvalue weighted by atomic mass is 9.80. The number of anilines is 1. The summed E-state index contributed by atoms with van der Waals surface area (Å²) in [5, 5.41) is 17.9. The molecule has 0 spiro atoms. The molecule has 0 saturated carbocycles. The predicted molar refractivity (Wildman–Crippen MR) is 69.6 cm³/mol. The van der Waals surface area contributed by atoms with E-state index in [1.165, 1.54) is 28.6 Å². The largest absolute Gasteiger partial charge is 0.488 e. The molecule has 0 amide bonds. The molecule has 18 heavy (non-hydrogen) atoms. The monoisotopic (exact) mass is 270 g/mol. The molecule has 2 rings (SSSR count). The fraction of sp³-hybridized carbons (Fsp3) is 0.400. The van der Waals surface area contributed by atoms with Crippen LogP contribution in [0.1, 0.15) is 12.8 Å². The van der Waals surface area contributed by atoms with Crippen LogP contribution >= 0.6 is 0 Å². The Morgan fingerprint density at radius 2 is 1.67 bits per heavy atom. The van der Waals surface area contributed by atoms with Gasteiger partial charge in [-0.15, -0.1) is 0 Å². The molecule has 0 atom stereocenters. The van der Waals surface area contributed by atoms with Gasteiger partial charge in [0.25, 0.3) is 0 Å². The number of hydrogen-bond donors (Lipinski definition) is 3. The van der Waals surface area contributed by atoms with E-state index in [1.807, 2.05) is 0 Å². The molecule has 0 aromatic heterocycles. The molecule has 1 aromatic rings. The molecule has 1 aliphatic heterocycles. The smallest absolute Gasteiger partial charge is 0.423 e. The highest BCUT2D eigenvalue weighted by Crippen LogP contribution is 2.15. The first-order valence-electron chi connectivity index (χ1n) is 5.73. The van der Waals surface area contributed by atoms with Gasteiger partial charge in [-0.1, -0.05) is 12.1 Å². The Bertz CT molecular complexity index is 497. The number of benzene rings is 1. The van der Waals surface area contributed by atoms with E-state index >= 15 is 0 Å². The normalized spacial score (nSPS) is 16.8. The summed E-state index contributed by atoms with van der Waals surface area (Å²) in [6.07, 6.45) is 1.77. The lowest BCUT2D eigenvalue weighted by Crippen LogP contribution is -2.33. The zero-order valence-electron chi connectivity index (χ0n) is 9.78. The minimum Gasteiger partial charge on any atom is -0.423 e. The van der Waals surface area contributed by atoms with Gasteiger partial charge in [0.1, 0.15) is 0 Å². The summed E-state index contributed by atoms with van der Waals surface area (Å²) >= 11 is 0. The van der Waals surface area contributed by atoms with Crippen LogP contribution in [0.25, 0.3) is 0 Å². The summed E-state index contributed by atoms with van der Waals surface area (Å²) in [7, 11) is -5.03. The second-order valence-corrected chi connectivity index (χ2v) is 5.88. The van der Waals surface area contributed by atoms with Gasteiger partial charge in [-0.25, -0.2) is 0 Å². The summed E-state index contributed by atoms with van der Waals surface area (Å²) in [6.45, 7) is 1.09. The second-order valence-electron chi connectivity index (χ2n) is 4.21. The summed E-state index contributed by atoms with van der Waals surface area (Å²) in [5.41, 5.74) is 0.727. The summed E-state index contributed by atoms with van der Waals surface area (Å²) in [4.78, 5) is 0. The third kappa shape index (κ3) is 3.02. The molecule has 1 heterocycles. The average molecular weight is 270 g/mol. The first-order chi connectivity index (χ1) is 8.49. The van der Waals surface area contributed by atoms with Gasteiger partial charge in [-0.3, -0.25) is 4.72 Å². The second kappa shape index (κ2) is 5.27. The van der Waals surface area contributed by atoms with Gasteiger partial charge in [-0.05, 0) is 30.4 Å². The van der Waals surface area contributed by atoms with Crippen molar-refractivity contribution in [3.63, 3.8) is 0 Å². The first kappa shape index (κ1) is 13.3. The third-order valence-corrected chi connectivity index (χ3v) is 4.40.